The number of hydrogen-bond acceptors (Lipinski definition) is 5. The molecule has 0 aromatic heterocycles. The Balaban J connectivity index is 2.02. The molecular formula is C17H18ClN3O4. The lowest BCUT2D eigenvalue weighted by Gasteiger charge is -2.29. The molecule has 1 aromatic rings. The highest BCUT2D eigenvalue weighted by molar-refractivity contribution is 6.32. The standard InChI is InChI=1S/C17H18ClN3O4/c1-25-15-3-2-13(8-14(15)18)20-10-12(9-19)16(22)21-6-4-11(5-7-21)17(23)24/h2-3,8,10-11,20H,4-7H2,1H3,(H,23,24)/b12-10-. The van der Waals surface area contributed by atoms with Crippen LogP contribution in [0.15, 0.2) is 30.0 Å². The molecule has 2 rings (SSSR count). The molecular weight excluding hydrogens is 346 g/mol. The molecule has 0 spiro atoms. The lowest BCUT2D eigenvalue weighted by Crippen LogP contribution is -2.40. The van der Waals surface area contributed by atoms with Crippen LogP contribution in [0.2, 0.25) is 5.02 Å². The number of amides is 1. The predicted octanol–water partition coefficient (Wildman–Crippen LogP) is 2.49. The van der Waals surface area contributed by atoms with E-state index in [1.165, 1.54) is 18.2 Å². The van der Waals surface area contributed by atoms with Crippen LogP contribution in [0.5, 0.6) is 5.75 Å². The molecule has 1 aromatic carbocycles. The topological polar surface area (TPSA) is 103 Å². The fourth-order valence-corrected chi connectivity index (χ4v) is 2.81. The normalized spacial score (nSPS) is 15.4. The molecule has 1 saturated heterocycles. The number of anilines is 1. The van der Waals surface area contributed by atoms with Crippen LogP contribution in [-0.4, -0.2) is 42.1 Å². The predicted molar refractivity (Wildman–Crippen MR) is 92.3 cm³/mol. The van der Waals surface area contributed by atoms with E-state index >= 15 is 0 Å². The van der Waals surface area contributed by atoms with Crippen LogP contribution < -0.4 is 10.1 Å². The van der Waals surface area contributed by atoms with Gasteiger partial charge in [0, 0.05) is 25.0 Å². The van der Waals surface area contributed by atoms with Crippen LogP contribution in [0, 0.1) is 17.2 Å². The van der Waals surface area contributed by atoms with Gasteiger partial charge in [-0.25, -0.2) is 0 Å². The van der Waals surface area contributed by atoms with E-state index in [0.717, 1.165) is 0 Å². The van der Waals surface area contributed by atoms with Crippen molar-refractivity contribution < 1.29 is 19.4 Å². The van der Waals surface area contributed by atoms with Gasteiger partial charge in [-0.3, -0.25) is 9.59 Å². The van der Waals surface area contributed by atoms with E-state index in [1.807, 2.05) is 6.07 Å². The average Bonchev–Trinajstić information content (AvgIpc) is 2.62. The Morgan fingerprint density at radius 1 is 1.44 bits per heavy atom. The van der Waals surface area contributed by atoms with Gasteiger partial charge in [-0.05, 0) is 31.0 Å². The second-order valence-corrected chi connectivity index (χ2v) is 5.98. The van der Waals surface area contributed by atoms with Crippen LogP contribution in [0.3, 0.4) is 0 Å². The number of piperidine rings is 1. The van der Waals surface area contributed by atoms with Gasteiger partial charge in [-0.1, -0.05) is 11.6 Å². The number of carboxylic acid groups (broad SMARTS) is 1. The van der Waals surface area contributed by atoms with Crippen molar-refractivity contribution in [2.45, 2.75) is 12.8 Å². The van der Waals surface area contributed by atoms with E-state index in [0.29, 0.717) is 42.4 Å². The molecule has 0 radical (unpaired) electrons. The quantitative estimate of drug-likeness (QED) is 0.615. The number of methoxy groups -OCH3 is 1. The number of benzene rings is 1. The molecule has 1 heterocycles. The Bertz CT molecular complexity index is 734. The molecule has 1 amide bonds. The lowest BCUT2D eigenvalue weighted by molar-refractivity contribution is -0.145. The molecule has 0 atom stereocenters. The molecule has 1 aliphatic heterocycles. The van der Waals surface area contributed by atoms with Gasteiger partial charge in [0.15, 0.2) is 0 Å². The summed E-state index contributed by atoms with van der Waals surface area (Å²) < 4.78 is 5.06. The van der Waals surface area contributed by atoms with E-state index in [9.17, 15) is 14.9 Å². The van der Waals surface area contributed by atoms with Crippen molar-refractivity contribution in [3.63, 3.8) is 0 Å². The zero-order chi connectivity index (χ0) is 18.4. The monoisotopic (exact) mass is 363 g/mol. The van der Waals surface area contributed by atoms with Crippen LogP contribution in [0.4, 0.5) is 5.69 Å². The van der Waals surface area contributed by atoms with E-state index in [2.05, 4.69) is 5.32 Å². The molecule has 0 saturated carbocycles. The van der Waals surface area contributed by atoms with Gasteiger partial charge < -0.3 is 20.1 Å². The number of carbonyl (C=O) groups is 2. The zero-order valence-electron chi connectivity index (χ0n) is 13.7. The highest BCUT2D eigenvalue weighted by atomic mass is 35.5. The molecule has 2 N–H and O–H groups in total. The fourth-order valence-electron chi connectivity index (χ4n) is 2.55. The van der Waals surface area contributed by atoms with Crippen LogP contribution in [0.1, 0.15) is 12.8 Å². The Morgan fingerprint density at radius 3 is 2.64 bits per heavy atom. The van der Waals surface area contributed by atoms with Crippen molar-refractivity contribution in [2.75, 3.05) is 25.5 Å². The SMILES string of the molecule is COc1ccc(N/C=C(/C#N)C(=O)N2CCC(C(=O)O)CC2)cc1Cl. The maximum Gasteiger partial charge on any atom is 0.306 e. The number of rotatable bonds is 5. The number of nitrogens with zero attached hydrogens (tertiary/aromatic N) is 2. The molecule has 1 fully saturated rings. The van der Waals surface area contributed by atoms with E-state index in [-0.39, 0.29) is 5.57 Å². The average molecular weight is 364 g/mol. The summed E-state index contributed by atoms with van der Waals surface area (Å²) in [5, 5.41) is 21.5. The Hall–Kier alpha value is -2.72. The van der Waals surface area contributed by atoms with Crippen LogP contribution >= 0.6 is 11.6 Å². The molecule has 7 nitrogen and oxygen atoms in total. The molecule has 8 heteroatoms. The smallest absolute Gasteiger partial charge is 0.306 e. The number of ether oxygens (including phenoxy) is 1. The first kappa shape index (κ1) is 18.6. The number of hydrogen-bond donors (Lipinski definition) is 2. The number of carbonyl (C=O) groups excluding carboxylic acids is 1. The molecule has 0 unspecified atom stereocenters. The van der Waals surface area contributed by atoms with Crippen molar-refractivity contribution in [2.24, 2.45) is 5.92 Å². The molecule has 0 aliphatic carbocycles. The van der Waals surface area contributed by atoms with Gasteiger partial charge in [-0.15, -0.1) is 0 Å². The number of nitrogens with one attached hydrogen (secondary N) is 1. The zero-order valence-corrected chi connectivity index (χ0v) is 14.4. The van der Waals surface area contributed by atoms with Gasteiger partial charge in [0.2, 0.25) is 0 Å². The van der Waals surface area contributed by atoms with Crippen LogP contribution in [-0.2, 0) is 9.59 Å². The largest absolute Gasteiger partial charge is 0.495 e. The summed E-state index contributed by atoms with van der Waals surface area (Å²) in [6, 6.07) is 6.87. The second-order valence-electron chi connectivity index (χ2n) is 5.57. The minimum atomic E-state index is -0.846. The van der Waals surface area contributed by atoms with Crippen LogP contribution in [0.25, 0.3) is 0 Å². The van der Waals surface area contributed by atoms with E-state index in [4.69, 9.17) is 21.4 Å². The van der Waals surface area contributed by atoms with Crippen molar-refractivity contribution in [3.8, 4) is 11.8 Å². The van der Waals surface area contributed by atoms with Gasteiger partial charge >= 0.3 is 5.97 Å². The molecule has 1 aliphatic rings. The maximum absolute atomic E-state index is 12.4. The van der Waals surface area contributed by atoms with Gasteiger partial charge in [0.1, 0.15) is 17.4 Å². The second kappa shape index (κ2) is 8.40. The summed E-state index contributed by atoms with van der Waals surface area (Å²) in [5.74, 6) is -1.17. The summed E-state index contributed by atoms with van der Waals surface area (Å²) in [4.78, 5) is 24.8. The maximum atomic E-state index is 12.4. The van der Waals surface area contributed by atoms with Gasteiger partial charge in [0.25, 0.3) is 5.91 Å². The Labute approximate surface area is 150 Å². The van der Waals surface area contributed by atoms with Crippen molar-refractivity contribution in [3.05, 3.63) is 35.0 Å². The first-order valence-corrected chi connectivity index (χ1v) is 8.06. The van der Waals surface area contributed by atoms with Crippen molar-refractivity contribution in [1.29, 1.82) is 5.26 Å². The molecule has 25 heavy (non-hydrogen) atoms. The third kappa shape index (κ3) is 4.64. The molecule has 0 bridgehead atoms. The summed E-state index contributed by atoms with van der Waals surface area (Å²) in [6.45, 7) is 0.645. The number of aliphatic carboxylic acids is 1. The van der Waals surface area contributed by atoms with Gasteiger partial charge in [-0.2, -0.15) is 5.26 Å². The number of nitriles is 1. The van der Waals surface area contributed by atoms with Crippen molar-refractivity contribution in [1.82, 2.24) is 4.90 Å². The third-order valence-corrected chi connectivity index (χ3v) is 4.31. The summed E-state index contributed by atoms with van der Waals surface area (Å²) in [7, 11) is 1.51. The van der Waals surface area contributed by atoms with E-state index in [1.54, 1.807) is 18.2 Å². The lowest BCUT2D eigenvalue weighted by atomic mass is 9.97. The van der Waals surface area contributed by atoms with E-state index < -0.39 is 17.8 Å². The Kier molecular flexibility index (Phi) is 6.25. The minimum absolute atomic E-state index is 0.0549. The summed E-state index contributed by atoms with van der Waals surface area (Å²) >= 11 is 6.03. The number of halogens is 1. The first-order valence-electron chi connectivity index (χ1n) is 7.68. The minimum Gasteiger partial charge on any atom is -0.495 e. The van der Waals surface area contributed by atoms with Crippen molar-refractivity contribution >= 4 is 29.2 Å². The summed E-state index contributed by atoms with van der Waals surface area (Å²) in [6.07, 6.45) is 2.10. The third-order valence-electron chi connectivity index (χ3n) is 4.02. The summed E-state index contributed by atoms with van der Waals surface area (Å²) in [5.41, 5.74) is 0.552. The first-order chi connectivity index (χ1) is 12.0. The Morgan fingerprint density at radius 2 is 2.12 bits per heavy atom. The number of likely N-dealkylation sites (tertiary alicyclic amines) is 1. The highest BCUT2D eigenvalue weighted by Crippen LogP contribution is 2.27. The fraction of sp³-hybridized carbons (Fsp3) is 0.353. The highest BCUT2D eigenvalue weighted by Gasteiger charge is 2.28. The molecule has 132 valence electrons. The number of carboxylic acids is 1. The van der Waals surface area contributed by atoms with Gasteiger partial charge in [0.05, 0.1) is 18.1 Å².